The van der Waals surface area contributed by atoms with Gasteiger partial charge in [-0.2, -0.15) is 5.10 Å². The first-order chi connectivity index (χ1) is 12.6. The summed E-state index contributed by atoms with van der Waals surface area (Å²) >= 11 is 0. The van der Waals surface area contributed by atoms with E-state index in [-0.39, 0.29) is 6.79 Å². The van der Waals surface area contributed by atoms with Crippen LogP contribution >= 0.6 is 0 Å². The maximum absolute atomic E-state index is 5.55. The minimum Gasteiger partial charge on any atom is -0.493 e. The van der Waals surface area contributed by atoms with Crippen LogP contribution in [0.15, 0.2) is 18.2 Å². The number of hydrogen-bond donors (Lipinski definition) is 0. The highest BCUT2D eigenvalue weighted by Gasteiger charge is 2.22. The van der Waals surface area contributed by atoms with Crippen molar-refractivity contribution in [1.82, 2.24) is 14.8 Å². The van der Waals surface area contributed by atoms with E-state index in [0.717, 1.165) is 47.4 Å². The molecule has 0 amide bonds. The first-order valence-corrected chi connectivity index (χ1v) is 8.95. The second-order valence-corrected chi connectivity index (χ2v) is 6.60. The van der Waals surface area contributed by atoms with Crippen molar-refractivity contribution in [2.45, 2.75) is 40.2 Å². The number of nitrogens with zero attached hydrogens (tertiary/aromatic N) is 3. The first kappa shape index (κ1) is 16.7. The van der Waals surface area contributed by atoms with Crippen molar-refractivity contribution in [1.29, 1.82) is 0 Å². The van der Waals surface area contributed by atoms with Crippen LogP contribution in [0.1, 0.15) is 31.0 Å². The van der Waals surface area contributed by atoms with Crippen LogP contribution in [0.5, 0.6) is 17.2 Å². The number of fused-ring (bicyclic) bond motifs is 2. The van der Waals surface area contributed by atoms with Gasteiger partial charge in [-0.1, -0.05) is 13.3 Å². The third-order valence-corrected chi connectivity index (χ3v) is 4.75. The third kappa shape index (κ3) is 2.66. The van der Waals surface area contributed by atoms with E-state index in [2.05, 4.69) is 19.9 Å². The third-order valence-electron chi connectivity index (χ3n) is 4.75. The van der Waals surface area contributed by atoms with Gasteiger partial charge in [0, 0.05) is 17.5 Å². The molecule has 3 aromatic rings. The molecule has 6 heteroatoms. The average Bonchev–Trinajstić information content (AvgIpc) is 3.23. The van der Waals surface area contributed by atoms with Crippen LogP contribution in [0.4, 0.5) is 0 Å². The molecule has 0 saturated heterocycles. The van der Waals surface area contributed by atoms with Crippen LogP contribution in [0.3, 0.4) is 0 Å². The van der Waals surface area contributed by atoms with Gasteiger partial charge in [0.1, 0.15) is 0 Å². The van der Waals surface area contributed by atoms with Gasteiger partial charge < -0.3 is 14.2 Å². The SMILES string of the molecule is CCCCn1nc(C)c2c(C)cc(-c3cc(OC)c4c(c3)OCO4)nc21. The van der Waals surface area contributed by atoms with Crippen molar-refractivity contribution in [3.63, 3.8) is 0 Å². The molecule has 0 bridgehead atoms. The molecule has 3 heterocycles. The van der Waals surface area contributed by atoms with Crippen molar-refractivity contribution < 1.29 is 14.2 Å². The zero-order chi connectivity index (χ0) is 18.3. The minimum absolute atomic E-state index is 0.212. The lowest BCUT2D eigenvalue weighted by atomic mass is 10.1. The van der Waals surface area contributed by atoms with Gasteiger partial charge in [-0.15, -0.1) is 0 Å². The number of hydrogen-bond acceptors (Lipinski definition) is 5. The van der Waals surface area contributed by atoms with E-state index in [1.165, 1.54) is 5.56 Å². The van der Waals surface area contributed by atoms with E-state index in [0.29, 0.717) is 17.2 Å². The largest absolute Gasteiger partial charge is 0.493 e. The summed E-state index contributed by atoms with van der Waals surface area (Å²) in [5, 5.41) is 5.84. The molecule has 4 rings (SSSR count). The molecule has 1 aromatic carbocycles. The maximum atomic E-state index is 5.55. The number of ether oxygens (including phenoxy) is 3. The number of unbranched alkanes of at least 4 members (excludes halogenated alkanes) is 1. The van der Waals surface area contributed by atoms with Crippen molar-refractivity contribution in [2.75, 3.05) is 13.9 Å². The quantitative estimate of drug-likeness (QED) is 0.686. The smallest absolute Gasteiger partial charge is 0.231 e. The molecule has 2 aromatic heterocycles. The summed E-state index contributed by atoms with van der Waals surface area (Å²) in [6, 6.07) is 6.00. The van der Waals surface area contributed by atoms with Gasteiger partial charge in [-0.05, 0) is 44.0 Å². The highest BCUT2D eigenvalue weighted by atomic mass is 16.7. The van der Waals surface area contributed by atoms with E-state index in [1.807, 2.05) is 23.7 Å². The summed E-state index contributed by atoms with van der Waals surface area (Å²) in [7, 11) is 1.63. The number of pyridine rings is 1. The summed E-state index contributed by atoms with van der Waals surface area (Å²) in [6.07, 6.45) is 2.21. The Labute approximate surface area is 152 Å². The number of rotatable bonds is 5. The maximum Gasteiger partial charge on any atom is 0.231 e. The summed E-state index contributed by atoms with van der Waals surface area (Å²) < 4.78 is 18.5. The number of aromatic nitrogens is 3. The predicted octanol–water partition coefficient (Wildman–Crippen LogP) is 4.25. The lowest BCUT2D eigenvalue weighted by Gasteiger charge is -2.10. The zero-order valence-electron chi connectivity index (χ0n) is 15.6. The highest BCUT2D eigenvalue weighted by Crippen LogP contribution is 2.44. The monoisotopic (exact) mass is 353 g/mol. The Morgan fingerprint density at radius 1 is 1.19 bits per heavy atom. The van der Waals surface area contributed by atoms with Crippen molar-refractivity contribution in [3.8, 4) is 28.5 Å². The molecular formula is C20H23N3O3. The highest BCUT2D eigenvalue weighted by molar-refractivity contribution is 5.85. The van der Waals surface area contributed by atoms with Crippen LogP contribution < -0.4 is 14.2 Å². The van der Waals surface area contributed by atoms with E-state index < -0.39 is 0 Å². The van der Waals surface area contributed by atoms with Gasteiger partial charge in [0.15, 0.2) is 17.1 Å². The first-order valence-electron chi connectivity index (χ1n) is 8.95. The second-order valence-electron chi connectivity index (χ2n) is 6.60. The molecule has 0 fully saturated rings. The van der Waals surface area contributed by atoms with Gasteiger partial charge in [0.25, 0.3) is 0 Å². The Morgan fingerprint density at radius 3 is 2.81 bits per heavy atom. The minimum atomic E-state index is 0.212. The molecule has 6 nitrogen and oxygen atoms in total. The van der Waals surface area contributed by atoms with Crippen molar-refractivity contribution in [2.24, 2.45) is 0 Å². The fourth-order valence-electron chi connectivity index (χ4n) is 3.46. The average molecular weight is 353 g/mol. The van der Waals surface area contributed by atoms with Gasteiger partial charge in [-0.3, -0.25) is 0 Å². The fourth-order valence-corrected chi connectivity index (χ4v) is 3.46. The van der Waals surface area contributed by atoms with Crippen LogP contribution in [0.2, 0.25) is 0 Å². The number of aryl methyl sites for hydroxylation is 3. The summed E-state index contributed by atoms with van der Waals surface area (Å²) in [5.41, 5.74) is 4.95. The number of benzene rings is 1. The predicted molar refractivity (Wildman–Crippen MR) is 100 cm³/mol. The Hall–Kier alpha value is -2.76. The lowest BCUT2D eigenvalue weighted by Crippen LogP contribution is -2.02. The van der Waals surface area contributed by atoms with Crippen LogP contribution in [0.25, 0.3) is 22.3 Å². The summed E-state index contributed by atoms with van der Waals surface area (Å²) in [5.74, 6) is 2.00. The van der Waals surface area contributed by atoms with Crippen molar-refractivity contribution in [3.05, 3.63) is 29.5 Å². The molecule has 0 unspecified atom stereocenters. The molecule has 0 atom stereocenters. The van der Waals surface area contributed by atoms with Gasteiger partial charge in [0.05, 0.1) is 18.5 Å². The molecule has 0 radical (unpaired) electrons. The summed E-state index contributed by atoms with van der Waals surface area (Å²) in [4.78, 5) is 4.93. The Balaban J connectivity index is 1.87. The Kier molecular flexibility index (Phi) is 4.18. The molecule has 1 aliphatic rings. The van der Waals surface area contributed by atoms with Crippen LogP contribution in [0, 0.1) is 13.8 Å². The van der Waals surface area contributed by atoms with Gasteiger partial charge in [0.2, 0.25) is 12.5 Å². The van der Waals surface area contributed by atoms with E-state index in [1.54, 1.807) is 7.11 Å². The van der Waals surface area contributed by atoms with E-state index in [4.69, 9.17) is 24.3 Å². The molecule has 1 aliphatic heterocycles. The molecular weight excluding hydrogens is 330 g/mol. The Morgan fingerprint density at radius 2 is 2.04 bits per heavy atom. The van der Waals surface area contributed by atoms with Crippen LogP contribution in [-0.2, 0) is 6.54 Å². The molecule has 26 heavy (non-hydrogen) atoms. The summed E-state index contributed by atoms with van der Waals surface area (Å²) in [6.45, 7) is 7.42. The molecule has 136 valence electrons. The second kappa shape index (κ2) is 6.52. The zero-order valence-corrected chi connectivity index (χ0v) is 15.6. The van der Waals surface area contributed by atoms with E-state index in [9.17, 15) is 0 Å². The molecule has 0 aliphatic carbocycles. The fraction of sp³-hybridized carbons (Fsp3) is 0.400. The molecule has 0 spiro atoms. The van der Waals surface area contributed by atoms with E-state index >= 15 is 0 Å². The number of methoxy groups -OCH3 is 1. The lowest BCUT2D eigenvalue weighted by molar-refractivity contribution is 0.171. The van der Waals surface area contributed by atoms with Crippen LogP contribution in [-0.4, -0.2) is 28.7 Å². The topological polar surface area (TPSA) is 58.4 Å². The normalized spacial score (nSPS) is 12.8. The molecule has 0 saturated carbocycles. The van der Waals surface area contributed by atoms with Crippen molar-refractivity contribution >= 4 is 11.0 Å². The standard InChI is InChI=1S/C20H23N3O3/c1-5-6-7-23-20-18(13(3)22-23)12(2)8-15(21-20)14-9-16(24-4)19-17(10-14)25-11-26-19/h8-10H,5-7,11H2,1-4H3. The van der Waals surface area contributed by atoms with Gasteiger partial charge >= 0.3 is 0 Å². The Bertz CT molecular complexity index is 978. The molecule has 0 N–H and O–H groups in total. The van der Waals surface area contributed by atoms with Gasteiger partial charge in [-0.25, -0.2) is 9.67 Å².